The van der Waals surface area contributed by atoms with E-state index in [-0.39, 0.29) is 11.9 Å². The van der Waals surface area contributed by atoms with E-state index < -0.39 is 12.1 Å². The second-order valence-electron chi connectivity index (χ2n) is 5.42. The van der Waals surface area contributed by atoms with Crippen LogP contribution in [0.25, 0.3) is 0 Å². The van der Waals surface area contributed by atoms with Crippen LogP contribution in [-0.2, 0) is 0 Å². The molecule has 1 unspecified atom stereocenters. The number of hydrogen-bond acceptors (Lipinski definition) is 5. The Hall–Kier alpha value is -2.38. The summed E-state index contributed by atoms with van der Waals surface area (Å²) in [5, 5.41) is 15.6. The third kappa shape index (κ3) is 3.58. The summed E-state index contributed by atoms with van der Waals surface area (Å²) in [4.78, 5) is 20.3. The second-order valence-corrected chi connectivity index (χ2v) is 5.83. The molecule has 1 aromatic heterocycles. The first-order chi connectivity index (χ1) is 11.5. The number of benzene rings is 1. The van der Waals surface area contributed by atoms with Crippen molar-refractivity contribution in [2.24, 2.45) is 0 Å². The Kier molecular flexibility index (Phi) is 4.82. The summed E-state index contributed by atoms with van der Waals surface area (Å²) in [5.41, 5.74) is 0.844. The van der Waals surface area contributed by atoms with Gasteiger partial charge in [-0.25, -0.2) is 14.8 Å². The van der Waals surface area contributed by atoms with E-state index in [1.54, 1.807) is 19.1 Å². The minimum Gasteiger partial charge on any atom is -0.492 e. The van der Waals surface area contributed by atoms with Gasteiger partial charge < -0.3 is 15.2 Å². The zero-order valence-electron chi connectivity index (χ0n) is 13.0. The van der Waals surface area contributed by atoms with Gasteiger partial charge in [-0.3, -0.25) is 5.32 Å². The van der Waals surface area contributed by atoms with Gasteiger partial charge >= 0.3 is 6.03 Å². The van der Waals surface area contributed by atoms with Gasteiger partial charge in [0.15, 0.2) is 5.82 Å². The molecule has 0 radical (unpaired) electrons. The Balaban J connectivity index is 1.70. The lowest BCUT2D eigenvalue weighted by atomic mass is 10.0. The molecule has 0 aliphatic carbocycles. The van der Waals surface area contributed by atoms with Crippen LogP contribution in [0.1, 0.15) is 36.9 Å². The molecule has 0 saturated carbocycles. The number of hydrogen-bond donors (Lipinski definition) is 3. The maximum absolute atomic E-state index is 12.2. The van der Waals surface area contributed by atoms with Crippen LogP contribution in [0.3, 0.4) is 0 Å². The first kappa shape index (κ1) is 16.5. The summed E-state index contributed by atoms with van der Waals surface area (Å²) in [6.45, 7) is 2.03. The van der Waals surface area contributed by atoms with Crippen molar-refractivity contribution >= 4 is 23.4 Å². The molecule has 7 nitrogen and oxygen atoms in total. The number of amides is 2. The largest absolute Gasteiger partial charge is 0.492 e. The van der Waals surface area contributed by atoms with E-state index in [0.717, 1.165) is 5.56 Å². The molecule has 3 rings (SSSR count). The number of aliphatic hydroxyl groups is 1. The maximum Gasteiger partial charge on any atom is 0.320 e. The normalized spacial score (nSPS) is 17.4. The summed E-state index contributed by atoms with van der Waals surface area (Å²) < 4.78 is 5.57. The number of halogens is 1. The number of aliphatic hydroxyl groups excluding tert-OH is 1. The number of nitrogens with zero attached hydrogens (tertiary/aromatic N) is 2. The van der Waals surface area contributed by atoms with E-state index in [1.807, 2.05) is 12.1 Å². The highest BCUT2D eigenvalue weighted by Gasteiger charge is 2.24. The van der Waals surface area contributed by atoms with Crippen molar-refractivity contribution in [3.8, 4) is 5.75 Å². The highest BCUT2D eigenvalue weighted by atomic mass is 35.5. The molecule has 0 spiro atoms. The number of anilines is 1. The van der Waals surface area contributed by atoms with Crippen LogP contribution < -0.4 is 15.4 Å². The summed E-state index contributed by atoms with van der Waals surface area (Å²) in [7, 11) is 0. The highest BCUT2D eigenvalue weighted by molar-refractivity contribution is 6.32. The topological polar surface area (TPSA) is 96.4 Å². The zero-order chi connectivity index (χ0) is 17.1. The zero-order valence-corrected chi connectivity index (χ0v) is 13.7. The Labute approximate surface area is 144 Å². The van der Waals surface area contributed by atoms with E-state index >= 15 is 0 Å². The van der Waals surface area contributed by atoms with Crippen molar-refractivity contribution in [2.75, 3.05) is 11.9 Å². The maximum atomic E-state index is 12.2. The minimum atomic E-state index is -0.806. The lowest BCUT2D eigenvalue weighted by molar-refractivity contribution is 0.189. The van der Waals surface area contributed by atoms with Crippen molar-refractivity contribution in [1.82, 2.24) is 15.3 Å². The molecule has 126 valence electrons. The van der Waals surface area contributed by atoms with Crippen LogP contribution in [0.4, 0.5) is 10.6 Å². The lowest BCUT2D eigenvalue weighted by Gasteiger charge is -2.27. The minimum absolute atomic E-state index is 0.203. The fourth-order valence-electron chi connectivity index (χ4n) is 2.49. The highest BCUT2D eigenvalue weighted by Crippen LogP contribution is 2.37. The number of para-hydroxylation sites is 1. The van der Waals surface area contributed by atoms with Crippen LogP contribution >= 0.6 is 11.6 Å². The van der Waals surface area contributed by atoms with Gasteiger partial charge in [-0.1, -0.05) is 23.7 Å². The third-order valence-corrected chi connectivity index (χ3v) is 3.92. The number of carbonyl (C=O) groups is 1. The number of ether oxygens (including phenoxy) is 1. The van der Waals surface area contributed by atoms with Crippen molar-refractivity contribution < 1.29 is 14.6 Å². The molecule has 2 heterocycles. The Morgan fingerprint density at radius 3 is 3.08 bits per heavy atom. The molecule has 0 saturated heterocycles. The molecule has 8 heteroatoms. The first-order valence-electron chi connectivity index (χ1n) is 7.54. The number of rotatable bonds is 3. The van der Waals surface area contributed by atoms with Gasteiger partial charge in [-0.2, -0.15) is 0 Å². The summed E-state index contributed by atoms with van der Waals surface area (Å²) in [6.07, 6.45) is 1.32. The number of nitrogens with one attached hydrogen (secondary N) is 2. The lowest BCUT2D eigenvalue weighted by Crippen LogP contribution is -2.35. The van der Waals surface area contributed by atoms with Crippen molar-refractivity contribution in [3.63, 3.8) is 0 Å². The molecule has 0 bridgehead atoms. The van der Waals surface area contributed by atoms with Crippen molar-refractivity contribution in [3.05, 3.63) is 46.9 Å². The predicted molar refractivity (Wildman–Crippen MR) is 89.1 cm³/mol. The van der Waals surface area contributed by atoms with Crippen molar-refractivity contribution in [1.29, 1.82) is 0 Å². The average Bonchev–Trinajstić information content (AvgIpc) is 2.56. The Bertz CT molecular complexity index is 754. The van der Waals surface area contributed by atoms with Crippen LogP contribution in [0.2, 0.25) is 5.02 Å². The molecular formula is C16H17ClN4O3. The average molecular weight is 349 g/mol. The van der Waals surface area contributed by atoms with Crippen molar-refractivity contribution in [2.45, 2.75) is 25.5 Å². The molecular weight excluding hydrogens is 332 g/mol. The second kappa shape index (κ2) is 7.02. The molecule has 1 aromatic carbocycles. The van der Waals surface area contributed by atoms with Gasteiger partial charge in [-0.05, 0) is 19.1 Å². The molecule has 2 atom stereocenters. The quantitative estimate of drug-likeness (QED) is 0.792. The van der Waals surface area contributed by atoms with E-state index in [1.165, 1.54) is 6.20 Å². The number of carbonyl (C=O) groups excluding carboxylic acids is 1. The van der Waals surface area contributed by atoms with Gasteiger partial charge in [0.25, 0.3) is 0 Å². The summed E-state index contributed by atoms with van der Waals surface area (Å²) in [5.74, 6) is 1.17. The van der Waals surface area contributed by atoms with Crippen LogP contribution in [-0.4, -0.2) is 27.7 Å². The third-order valence-electron chi connectivity index (χ3n) is 3.62. The Morgan fingerprint density at radius 2 is 2.29 bits per heavy atom. The SMILES string of the molecule is CC(O)c1nccc(NC(=O)N[C@H]2CCOc3c(Cl)cccc32)n1. The molecule has 1 aliphatic rings. The van der Waals surface area contributed by atoms with Gasteiger partial charge in [0.05, 0.1) is 17.7 Å². The molecule has 1 aliphatic heterocycles. The molecule has 2 amide bonds. The summed E-state index contributed by atoms with van der Waals surface area (Å²) in [6, 6.07) is 6.40. The number of aromatic nitrogens is 2. The van der Waals surface area contributed by atoms with Crippen LogP contribution in [0.15, 0.2) is 30.5 Å². The van der Waals surface area contributed by atoms with E-state index in [9.17, 15) is 9.90 Å². The molecule has 3 N–H and O–H groups in total. The van der Waals surface area contributed by atoms with Crippen LogP contribution in [0, 0.1) is 0 Å². The fourth-order valence-corrected chi connectivity index (χ4v) is 2.73. The molecule has 2 aromatic rings. The number of urea groups is 1. The molecule has 0 fully saturated rings. The fraction of sp³-hybridized carbons (Fsp3) is 0.312. The van der Waals surface area contributed by atoms with Gasteiger partial charge in [0.2, 0.25) is 0 Å². The Morgan fingerprint density at radius 1 is 1.46 bits per heavy atom. The van der Waals surface area contributed by atoms with E-state index in [2.05, 4.69) is 20.6 Å². The molecule has 24 heavy (non-hydrogen) atoms. The number of fused-ring (bicyclic) bond motifs is 1. The van der Waals surface area contributed by atoms with Gasteiger partial charge in [-0.15, -0.1) is 0 Å². The monoisotopic (exact) mass is 348 g/mol. The van der Waals surface area contributed by atoms with E-state index in [0.29, 0.717) is 29.6 Å². The smallest absolute Gasteiger partial charge is 0.320 e. The standard InChI is InChI=1S/C16H17ClN4O3/c1-9(22)15-18-7-5-13(20-15)21-16(23)19-12-6-8-24-14-10(12)3-2-4-11(14)17/h2-5,7,9,12,22H,6,8H2,1H3,(H2,18,19,20,21,23)/t9?,12-/m0/s1. The first-order valence-corrected chi connectivity index (χ1v) is 7.92. The van der Waals surface area contributed by atoms with Gasteiger partial charge in [0, 0.05) is 18.2 Å². The summed E-state index contributed by atoms with van der Waals surface area (Å²) >= 11 is 6.13. The van der Waals surface area contributed by atoms with E-state index in [4.69, 9.17) is 16.3 Å². The van der Waals surface area contributed by atoms with Crippen LogP contribution in [0.5, 0.6) is 5.75 Å². The predicted octanol–water partition coefficient (Wildman–Crippen LogP) is 2.83. The van der Waals surface area contributed by atoms with Gasteiger partial charge in [0.1, 0.15) is 17.7 Å².